The normalized spacial score (nSPS) is 11.1. The molecular formula is C24H25N3. The van der Waals surface area contributed by atoms with Crippen LogP contribution in [0, 0.1) is 20.8 Å². The standard InChI is InChI=1S/C24H25N3/c1-15-9-14-21-23(17(15)3)26-22-16(2)7-6-8-20(22)24(21)25-18-10-12-19(13-11-18)27(4)5/h6-14H,1-5H3,(H,25,26). The van der Waals surface area contributed by atoms with Gasteiger partial charge in [0, 0.05) is 36.2 Å². The summed E-state index contributed by atoms with van der Waals surface area (Å²) in [6.07, 6.45) is 0. The van der Waals surface area contributed by atoms with Crippen molar-refractivity contribution in [2.45, 2.75) is 20.8 Å². The van der Waals surface area contributed by atoms with Crippen molar-refractivity contribution in [2.75, 3.05) is 24.3 Å². The van der Waals surface area contributed by atoms with Gasteiger partial charge in [-0.1, -0.05) is 30.3 Å². The maximum atomic E-state index is 5.03. The van der Waals surface area contributed by atoms with Gasteiger partial charge in [-0.15, -0.1) is 0 Å². The van der Waals surface area contributed by atoms with Crippen molar-refractivity contribution in [3.05, 3.63) is 71.3 Å². The van der Waals surface area contributed by atoms with Gasteiger partial charge < -0.3 is 10.2 Å². The minimum absolute atomic E-state index is 1.06. The molecule has 0 atom stereocenters. The summed E-state index contributed by atoms with van der Waals surface area (Å²) in [5.41, 5.74) is 9.23. The molecule has 0 unspecified atom stereocenters. The summed E-state index contributed by atoms with van der Waals surface area (Å²) in [4.78, 5) is 7.14. The minimum atomic E-state index is 1.06. The number of fused-ring (bicyclic) bond motifs is 2. The number of hydrogen-bond acceptors (Lipinski definition) is 3. The number of nitrogens with one attached hydrogen (secondary N) is 1. The number of pyridine rings is 1. The lowest BCUT2D eigenvalue weighted by atomic mass is 10.00. The van der Waals surface area contributed by atoms with Crippen LogP contribution in [0.3, 0.4) is 0 Å². The van der Waals surface area contributed by atoms with Gasteiger partial charge in [0.15, 0.2) is 0 Å². The van der Waals surface area contributed by atoms with Gasteiger partial charge >= 0.3 is 0 Å². The van der Waals surface area contributed by atoms with Crippen molar-refractivity contribution < 1.29 is 0 Å². The predicted octanol–water partition coefficient (Wildman–Crippen LogP) is 6.12. The molecule has 0 spiro atoms. The van der Waals surface area contributed by atoms with E-state index in [0.717, 1.165) is 33.2 Å². The molecule has 0 radical (unpaired) electrons. The molecule has 136 valence electrons. The largest absolute Gasteiger partial charge is 0.378 e. The number of aryl methyl sites for hydroxylation is 3. The fourth-order valence-electron chi connectivity index (χ4n) is 3.53. The quantitative estimate of drug-likeness (QED) is 0.449. The van der Waals surface area contributed by atoms with E-state index in [-0.39, 0.29) is 0 Å². The topological polar surface area (TPSA) is 28.2 Å². The third kappa shape index (κ3) is 2.99. The first-order chi connectivity index (χ1) is 13.0. The Bertz CT molecular complexity index is 1140. The van der Waals surface area contributed by atoms with E-state index in [0.29, 0.717) is 0 Å². The Morgan fingerprint density at radius 3 is 2.15 bits per heavy atom. The first kappa shape index (κ1) is 17.3. The molecule has 0 amide bonds. The van der Waals surface area contributed by atoms with Gasteiger partial charge in [0.1, 0.15) is 0 Å². The van der Waals surface area contributed by atoms with Crippen LogP contribution in [-0.4, -0.2) is 19.1 Å². The third-order valence-electron chi connectivity index (χ3n) is 5.35. The highest BCUT2D eigenvalue weighted by Crippen LogP contribution is 2.36. The van der Waals surface area contributed by atoms with E-state index in [9.17, 15) is 0 Å². The summed E-state index contributed by atoms with van der Waals surface area (Å²) in [5, 5.41) is 5.99. The van der Waals surface area contributed by atoms with E-state index < -0.39 is 0 Å². The van der Waals surface area contributed by atoms with E-state index in [1.807, 2.05) is 0 Å². The molecule has 4 rings (SSSR count). The Morgan fingerprint density at radius 1 is 0.741 bits per heavy atom. The minimum Gasteiger partial charge on any atom is -0.378 e. The first-order valence-electron chi connectivity index (χ1n) is 9.29. The summed E-state index contributed by atoms with van der Waals surface area (Å²) >= 11 is 0. The number of rotatable bonds is 3. The van der Waals surface area contributed by atoms with Crippen LogP contribution in [0.1, 0.15) is 16.7 Å². The van der Waals surface area contributed by atoms with Crippen LogP contribution in [0.2, 0.25) is 0 Å². The summed E-state index contributed by atoms with van der Waals surface area (Å²) in [7, 11) is 4.11. The molecule has 3 nitrogen and oxygen atoms in total. The second-order valence-electron chi connectivity index (χ2n) is 7.43. The van der Waals surface area contributed by atoms with Gasteiger partial charge in [0.05, 0.1) is 16.7 Å². The number of benzene rings is 3. The predicted molar refractivity (Wildman–Crippen MR) is 118 cm³/mol. The monoisotopic (exact) mass is 355 g/mol. The van der Waals surface area contributed by atoms with Gasteiger partial charge in [-0.05, 0) is 61.7 Å². The van der Waals surface area contributed by atoms with E-state index in [4.69, 9.17) is 4.98 Å². The maximum absolute atomic E-state index is 5.03. The number of aromatic nitrogens is 1. The second-order valence-corrected chi connectivity index (χ2v) is 7.43. The average Bonchev–Trinajstić information content (AvgIpc) is 2.66. The molecular weight excluding hydrogens is 330 g/mol. The highest BCUT2D eigenvalue weighted by Gasteiger charge is 2.13. The van der Waals surface area contributed by atoms with Crippen molar-refractivity contribution in [3.8, 4) is 0 Å². The summed E-state index contributed by atoms with van der Waals surface area (Å²) in [6.45, 7) is 6.43. The number of hydrogen-bond donors (Lipinski definition) is 1. The summed E-state index contributed by atoms with van der Waals surface area (Å²) < 4.78 is 0. The van der Waals surface area contributed by atoms with Gasteiger partial charge in [-0.25, -0.2) is 4.98 Å². The lowest BCUT2D eigenvalue weighted by Crippen LogP contribution is -2.08. The average molecular weight is 355 g/mol. The Hall–Kier alpha value is -3.07. The molecule has 0 aliphatic carbocycles. The molecule has 0 bridgehead atoms. The lowest BCUT2D eigenvalue weighted by Gasteiger charge is -2.17. The van der Waals surface area contributed by atoms with Crippen molar-refractivity contribution >= 4 is 38.9 Å². The van der Waals surface area contributed by atoms with Crippen molar-refractivity contribution in [3.63, 3.8) is 0 Å². The molecule has 4 aromatic rings. The molecule has 0 saturated heterocycles. The molecule has 0 aliphatic heterocycles. The Kier molecular flexibility index (Phi) is 4.23. The zero-order valence-corrected chi connectivity index (χ0v) is 16.6. The molecule has 1 N–H and O–H groups in total. The molecule has 1 heterocycles. The zero-order chi connectivity index (χ0) is 19.1. The number of nitrogens with zero attached hydrogens (tertiary/aromatic N) is 2. The van der Waals surface area contributed by atoms with Crippen LogP contribution in [0.5, 0.6) is 0 Å². The van der Waals surface area contributed by atoms with Crippen molar-refractivity contribution in [1.29, 1.82) is 0 Å². The molecule has 0 fully saturated rings. The second kappa shape index (κ2) is 6.58. The van der Waals surface area contributed by atoms with Gasteiger partial charge in [-0.2, -0.15) is 0 Å². The van der Waals surface area contributed by atoms with Gasteiger partial charge in [0.25, 0.3) is 0 Å². The third-order valence-corrected chi connectivity index (χ3v) is 5.35. The van der Waals surface area contributed by atoms with Crippen LogP contribution < -0.4 is 10.2 Å². The molecule has 3 heteroatoms. The fourth-order valence-corrected chi connectivity index (χ4v) is 3.53. The summed E-state index contributed by atoms with van der Waals surface area (Å²) in [6, 6.07) is 19.3. The van der Waals surface area contributed by atoms with E-state index in [1.165, 1.54) is 22.4 Å². The smallest absolute Gasteiger partial charge is 0.0762 e. The van der Waals surface area contributed by atoms with Gasteiger partial charge in [0.2, 0.25) is 0 Å². The van der Waals surface area contributed by atoms with Crippen molar-refractivity contribution in [2.24, 2.45) is 0 Å². The SMILES string of the molecule is Cc1ccc2c(Nc3ccc(N(C)C)cc3)c3cccc(C)c3nc2c1C. The van der Waals surface area contributed by atoms with Crippen LogP contribution in [-0.2, 0) is 0 Å². The van der Waals surface area contributed by atoms with E-state index in [1.54, 1.807) is 0 Å². The van der Waals surface area contributed by atoms with Crippen LogP contribution in [0.15, 0.2) is 54.6 Å². The first-order valence-corrected chi connectivity index (χ1v) is 9.29. The Balaban J connectivity index is 1.96. The fraction of sp³-hybridized carbons (Fsp3) is 0.208. The highest BCUT2D eigenvalue weighted by atomic mass is 15.1. The zero-order valence-electron chi connectivity index (χ0n) is 16.6. The van der Waals surface area contributed by atoms with Crippen LogP contribution in [0.4, 0.5) is 17.1 Å². The Labute approximate surface area is 160 Å². The van der Waals surface area contributed by atoms with Crippen LogP contribution in [0.25, 0.3) is 21.8 Å². The molecule has 0 aliphatic rings. The molecule has 1 aromatic heterocycles. The molecule has 27 heavy (non-hydrogen) atoms. The molecule has 0 saturated carbocycles. The van der Waals surface area contributed by atoms with E-state index in [2.05, 4.69) is 99.7 Å². The van der Waals surface area contributed by atoms with Crippen LogP contribution >= 0.6 is 0 Å². The lowest BCUT2D eigenvalue weighted by molar-refractivity contribution is 1.13. The number of anilines is 3. The molecule has 3 aromatic carbocycles. The maximum Gasteiger partial charge on any atom is 0.0762 e. The Morgan fingerprint density at radius 2 is 1.44 bits per heavy atom. The van der Waals surface area contributed by atoms with Gasteiger partial charge in [-0.3, -0.25) is 0 Å². The number of para-hydroxylation sites is 1. The highest BCUT2D eigenvalue weighted by molar-refractivity contribution is 6.10. The summed E-state index contributed by atoms with van der Waals surface area (Å²) in [5.74, 6) is 0. The van der Waals surface area contributed by atoms with Crippen molar-refractivity contribution in [1.82, 2.24) is 4.98 Å². The van der Waals surface area contributed by atoms with E-state index >= 15 is 0 Å².